The highest BCUT2D eigenvalue weighted by Gasteiger charge is 2.39. The molecular weight excluding hydrogens is 246 g/mol. The zero-order valence-corrected chi connectivity index (χ0v) is 13.0. The smallest absolute Gasteiger partial charge is 0.0544 e. The summed E-state index contributed by atoms with van der Waals surface area (Å²) in [5.74, 6) is 0.838. The normalized spacial score (nSPS) is 26.9. The number of pyridine rings is 1. The highest BCUT2D eigenvalue weighted by Crippen LogP contribution is 2.38. The number of rotatable bonds is 6. The van der Waals surface area contributed by atoms with Crippen molar-refractivity contribution in [2.24, 2.45) is 11.7 Å². The van der Waals surface area contributed by atoms with Gasteiger partial charge in [-0.25, -0.2) is 0 Å². The van der Waals surface area contributed by atoms with Crippen LogP contribution in [0.4, 0.5) is 0 Å². The molecule has 1 saturated carbocycles. The van der Waals surface area contributed by atoms with Crippen molar-refractivity contribution in [3.8, 4) is 0 Å². The number of likely N-dealkylation sites (N-methyl/N-ethyl adjacent to an activating group) is 1. The second kappa shape index (κ2) is 7.19. The van der Waals surface area contributed by atoms with Gasteiger partial charge in [0, 0.05) is 24.8 Å². The minimum Gasteiger partial charge on any atom is -0.329 e. The monoisotopic (exact) mass is 275 g/mol. The lowest BCUT2D eigenvalue weighted by Gasteiger charge is -2.48. The fourth-order valence-electron chi connectivity index (χ4n) is 3.71. The number of hydrogen-bond donors (Lipinski definition) is 1. The lowest BCUT2D eigenvalue weighted by Crippen LogP contribution is -2.56. The van der Waals surface area contributed by atoms with Crippen molar-refractivity contribution in [2.45, 2.75) is 58.0 Å². The van der Waals surface area contributed by atoms with Crippen LogP contribution in [0.1, 0.15) is 51.6 Å². The summed E-state index contributed by atoms with van der Waals surface area (Å²) in [6, 6.07) is 6.17. The minimum atomic E-state index is 0.186. The summed E-state index contributed by atoms with van der Waals surface area (Å²) in [5.41, 5.74) is 7.56. The molecule has 1 aliphatic carbocycles. The van der Waals surface area contributed by atoms with Crippen molar-refractivity contribution < 1.29 is 0 Å². The first kappa shape index (κ1) is 15.5. The molecule has 0 spiro atoms. The van der Waals surface area contributed by atoms with Gasteiger partial charge in [0.15, 0.2) is 0 Å². The van der Waals surface area contributed by atoms with Gasteiger partial charge >= 0.3 is 0 Å². The molecule has 0 radical (unpaired) electrons. The van der Waals surface area contributed by atoms with Crippen LogP contribution in [-0.2, 0) is 6.54 Å². The molecule has 2 rings (SSSR count). The predicted molar refractivity (Wildman–Crippen MR) is 84.4 cm³/mol. The summed E-state index contributed by atoms with van der Waals surface area (Å²) in [5, 5.41) is 0. The molecule has 1 aliphatic rings. The standard InChI is InChI=1S/C17H29N3/c1-3-15-8-7-10-17(12-15,14-18)20(4-2)13-16-9-5-6-11-19-16/h5-6,9,11,15H,3-4,7-8,10,12-14,18H2,1-2H3. The van der Waals surface area contributed by atoms with E-state index in [1.807, 2.05) is 12.3 Å². The summed E-state index contributed by atoms with van der Waals surface area (Å²) in [4.78, 5) is 7.05. The Bertz CT molecular complexity index is 392. The number of nitrogens with zero attached hydrogens (tertiary/aromatic N) is 2. The topological polar surface area (TPSA) is 42.1 Å². The van der Waals surface area contributed by atoms with Crippen LogP contribution in [-0.4, -0.2) is 28.5 Å². The molecular formula is C17H29N3. The van der Waals surface area contributed by atoms with Crippen molar-refractivity contribution in [3.63, 3.8) is 0 Å². The van der Waals surface area contributed by atoms with Crippen molar-refractivity contribution >= 4 is 0 Å². The molecule has 3 heteroatoms. The summed E-state index contributed by atoms with van der Waals surface area (Å²) < 4.78 is 0. The molecule has 1 heterocycles. The van der Waals surface area contributed by atoms with Crippen molar-refractivity contribution in [2.75, 3.05) is 13.1 Å². The number of hydrogen-bond acceptors (Lipinski definition) is 3. The van der Waals surface area contributed by atoms with Gasteiger partial charge < -0.3 is 5.73 Å². The van der Waals surface area contributed by atoms with Gasteiger partial charge in [0.05, 0.1) is 5.69 Å². The van der Waals surface area contributed by atoms with E-state index < -0.39 is 0 Å². The summed E-state index contributed by atoms with van der Waals surface area (Å²) >= 11 is 0. The highest BCUT2D eigenvalue weighted by molar-refractivity contribution is 5.06. The Morgan fingerprint density at radius 3 is 2.85 bits per heavy atom. The van der Waals surface area contributed by atoms with Crippen molar-refractivity contribution in [3.05, 3.63) is 30.1 Å². The van der Waals surface area contributed by atoms with Gasteiger partial charge in [-0.2, -0.15) is 0 Å². The molecule has 0 saturated heterocycles. The molecule has 0 aliphatic heterocycles. The van der Waals surface area contributed by atoms with E-state index in [2.05, 4.69) is 35.9 Å². The maximum Gasteiger partial charge on any atom is 0.0544 e. The average Bonchev–Trinajstić information content (AvgIpc) is 2.53. The first-order valence-electron chi connectivity index (χ1n) is 8.09. The quantitative estimate of drug-likeness (QED) is 0.867. The van der Waals surface area contributed by atoms with E-state index >= 15 is 0 Å². The lowest BCUT2D eigenvalue weighted by atomic mass is 9.73. The van der Waals surface area contributed by atoms with Gasteiger partial charge in [0.2, 0.25) is 0 Å². The summed E-state index contributed by atoms with van der Waals surface area (Å²) in [7, 11) is 0. The molecule has 2 unspecified atom stereocenters. The molecule has 112 valence electrons. The molecule has 1 fully saturated rings. The van der Waals surface area contributed by atoms with E-state index in [9.17, 15) is 0 Å². The Kier molecular flexibility index (Phi) is 5.55. The second-order valence-electron chi connectivity index (χ2n) is 6.13. The second-order valence-corrected chi connectivity index (χ2v) is 6.13. The van der Waals surface area contributed by atoms with Crippen LogP contribution in [0.15, 0.2) is 24.4 Å². The van der Waals surface area contributed by atoms with Gasteiger partial charge in [0.25, 0.3) is 0 Å². The third kappa shape index (κ3) is 3.39. The van der Waals surface area contributed by atoms with Gasteiger partial charge in [-0.3, -0.25) is 9.88 Å². The van der Waals surface area contributed by atoms with Crippen LogP contribution in [0, 0.1) is 5.92 Å². The Labute approximate surface area is 123 Å². The Balaban J connectivity index is 2.14. The first-order chi connectivity index (χ1) is 9.74. The minimum absolute atomic E-state index is 0.186. The van der Waals surface area contributed by atoms with Gasteiger partial charge in [-0.1, -0.05) is 39.2 Å². The van der Waals surface area contributed by atoms with Crippen LogP contribution in [0.2, 0.25) is 0 Å². The first-order valence-corrected chi connectivity index (χ1v) is 8.09. The van der Waals surface area contributed by atoms with E-state index in [1.165, 1.54) is 32.1 Å². The van der Waals surface area contributed by atoms with Crippen LogP contribution < -0.4 is 5.73 Å². The van der Waals surface area contributed by atoms with Crippen LogP contribution in [0.5, 0.6) is 0 Å². The van der Waals surface area contributed by atoms with Gasteiger partial charge in [-0.05, 0) is 37.4 Å². The molecule has 1 aromatic rings. The summed E-state index contributed by atoms with van der Waals surface area (Å²) in [6.45, 7) is 7.29. The SMILES string of the molecule is CCC1CCCC(CN)(N(CC)Cc2ccccn2)C1. The molecule has 0 amide bonds. The van der Waals surface area contributed by atoms with Gasteiger partial charge in [-0.15, -0.1) is 0 Å². The molecule has 2 atom stereocenters. The van der Waals surface area contributed by atoms with E-state index in [-0.39, 0.29) is 5.54 Å². The Hall–Kier alpha value is -0.930. The van der Waals surface area contributed by atoms with Crippen LogP contribution in [0.3, 0.4) is 0 Å². The van der Waals surface area contributed by atoms with E-state index in [1.54, 1.807) is 0 Å². The number of nitrogens with two attached hydrogens (primary N) is 1. The summed E-state index contributed by atoms with van der Waals surface area (Å²) in [6.07, 6.45) is 8.34. The third-order valence-corrected chi connectivity index (χ3v) is 5.01. The van der Waals surface area contributed by atoms with E-state index in [0.29, 0.717) is 0 Å². The molecule has 2 N–H and O–H groups in total. The lowest BCUT2D eigenvalue weighted by molar-refractivity contribution is 0.0314. The molecule has 20 heavy (non-hydrogen) atoms. The van der Waals surface area contributed by atoms with Crippen molar-refractivity contribution in [1.82, 2.24) is 9.88 Å². The largest absolute Gasteiger partial charge is 0.329 e. The average molecular weight is 275 g/mol. The Morgan fingerprint density at radius 1 is 1.40 bits per heavy atom. The third-order valence-electron chi connectivity index (χ3n) is 5.01. The maximum absolute atomic E-state index is 6.22. The Morgan fingerprint density at radius 2 is 2.25 bits per heavy atom. The molecule has 1 aromatic heterocycles. The zero-order valence-electron chi connectivity index (χ0n) is 13.0. The van der Waals surface area contributed by atoms with Crippen LogP contribution >= 0.6 is 0 Å². The van der Waals surface area contributed by atoms with Crippen LogP contribution in [0.25, 0.3) is 0 Å². The molecule has 0 bridgehead atoms. The van der Waals surface area contributed by atoms with E-state index in [4.69, 9.17) is 5.73 Å². The zero-order chi connectivity index (χ0) is 14.4. The molecule has 0 aromatic carbocycles. The van der Waals surface area contributed by atoms with E-state index in [0.717, 1.165) is 31.2 Å². The number of aromatic nitrogens is 1. The maximum atomic E-state index is 6.22. The predicted octanol–water partition coefficient (Wildman–Crippen LogP) is 3.20. The van der Waals surface area contributed by atoms with Gasteiger partial charge in [0.1, 0.15) is 0 Å². The fraction of sp³-hybridized carbons (Fsp3) is 0.706. The fourth-order valence-corrected chi connectivity index (χ4v) is 3.71. The highest BCUT2D eigenvalue weighted by atomic mass is 15.2. The van der Waals surface area contributed by atoms with Crippen molar-refractivity contribution in [1.29, 1.82) is 0 Å². The molecule has 3 nitrogen and oxygen atoms in total.